The van der Waals surface area contributed by atoms with E-state index in [-0.39, 0.29) is 5.91 Å². The number of aromatic nitrogens is 2. The molecule has 0 aliphatic rings. The molecule has 0 saturated heterocycles. The van der Waals surface area contributed by atoms with Gasteiger partial charge < -0.3 is 15.5 Å². The second-order valence-electron chi connectivity index (χ2n) is 8.77. The number of unbranched alkanes of at least 4 members (excludes halogenated alkanes) is 1. The summed E-state index contributed by atoms with van der Waals surface area (Å²) in [7, 11) is 0. The molecule has 38 heavy (non-hydrogen) atoms. The minimum absolute atomic E-state index is 0.0734. The van der Waals surface area contributed by atoms with Gasteiger partial charge in [-0.3, -0.25) is 4.79 Å². The second kappa shape index (κ2) is 11.7. The Kier molecular flexibility index (Phi) is 7.70. The van der Waals surface area contributed by atoms with Crippen molar-refractivity contribution in [2.24, 2.45) is 0 Å². The normalized spacial score (nSPS) is 10.8. The fourth-order valence-electron chi connectivity index (χ4n) is 4.20. The zero-order valence-electron chi connectivity index (χ0n) is 20.6. The number of fused-ring (bicyclic) bond motifs is 2. The Bertz CT molecular complexity index is 1610. The van der Waals surface area contributed by atoms with Crippen molar-refractivity contribution in [1.82, 2.24) is 9.71 Å². The predicted octanol–water partition coefficient (Wildman–Crippen LogP) is 6.41. The van der Waals surface area contributed by atoms with Crippen molar-refractivity contribution >= 4 is 57.3 Å². The number of nitrogens with one attached hydrogen (secondary N) is 2. The van der Waals surface area contributed by atoms with Crippen molar-refractivity contribution in [3.05, 3.63) is 107 Å². The molecule has 0 unspecified atom stereocenters. The first kappa shape index (κ1) is 25.1. The average Bonchev–Trinajstić information content (AvgIpc) is 2.94. The summed E-state index contributed by atoms with van der Waals surface area (Å²) in [5.41, 5.74) is 3.96. The van der Waals surface area contributed by atoms with E-state index >= 15 is 0 Å². The number of hydrogen-bond donors (Lipinski definition) is 2. The highest BCUT2D eigenvalue weighted by atomic mass is 32.1. The minimum atomic E-state index is -0.535. The van der Waals surface area contributed by atoms with Gasteiger partial charge in [0.1, 0.15) is 4.64 Å². The minimum Gasteiger partial charge on any atom is -0.384 e. The number of carbonyl (C=O) groups excluding carboxylic acids is 2. The van der Waals surface area contributed by atoms with Gasteiger partial charge in [-0.2, -0.15) is 4.73 Å². The van der Waals surface area contributed by atoms with Crippen LogP contribution in [-0.2, 0) is 4.79 Å². The van der Waals surface area contributed by atoms with Crippen LogP contribution in [0.3, 0.4) is 0 Å². The van der Waals surface area contributed by atoms with E-state index in [1.54, 1.807) is 48.7 Å². The highest BCUT2D eigenvalue weighted by molar-refractivity contribution is 7.71. The molecule has 5 aromatic rings. The van der Waals surface area contributed by atoms with Crippen LogP contribution in [0.25, 0.3) is 21.8 Å². The molecule has 3 aromatic carbocycles. The Morgan fingerprint density at radius 1 is 0.816 bits per heavy atom. The maximum Gasteiger partial charge on any atom is 0.363 e. The molecular formula is C30H26N4O3S. The third kappa shape index (κ3) is 5.87. The average molecular weight is 523 g/mol. The second-order valence-corrected chi connectivity index (χ2v) is 9.19. The van der Waals surface area contributed by atoms with Crippen LogP contribution in [-0.4, -0.2) is 28.1 Å². The fraction of sp³-hybridized carbons (Fsp3) is 0.133. The quantitative estimate of drug-likeness (QED) is 0.132. The highest BCUT2D eigenvalue weighted by Crippen LogP contribution is 2.30. The van der Waals surface area contributed by atoms with Gasteiger partial charge in [-0.1, -0.05) is 54.7 Å². The molecule has 7 nitrogen and oxygen atoms in total. The molecule has 0 radical (unpaired) electrons. The van der Waals surface area contributed by atoms with Gasteiger partial charge in [-0.05, 0) is 61.4 Å². The van der Waals surface area contributed by atoms with E-state index in [1.807, 2.05) is 36.4 Å². The molecule has 0 aliphatic heterocycles. The van der Waals surface area contributed by atoms with Crippen molar-refractivity contribution in [2.75, 3.05) is 17.2 Å². The summed E-state index contributed by atoms with van der Waals surface area (Å²) >= 11 is 5.13. The Balaban J connectivity index is 1.11. The Labute approximate surface area is 225 Å². The molecular weight excluding hydrogens is 496 g/mol. The molecule has 0 fully saturated rings. The van der Waals surface area contributed by atoms with E-state index in [1.165, 1.54) is 4.73 Å². The summed E-state index contributed by atoms with van der Waals surface area (Å²) in [5.74, 6) is -0.608. The largest absolute Gasteiger partial charge is 0.384 e. The number of benzene rings is 3. The lowest BCUT2D eigenvalue weighted by Crippen LogP contribution is -2.20. The van der Waals surface area contributed by atoms with Gasteiger partial charge in [-0.25, -0.2) is 9.78 Å². The van der Waals surface area contributed by atoms with Crippen LogP contribution in [0.4, 0.5) is 11.4 Å². The molecule has 0 bridgehead atoms. The third-order valence-corrected chi connectivity index (χ3v) is 6.41. The standard InChI is InChI=1S/C30H26N4O3S/c35-27(32-22-17-15-21(16-18-22)30(36)37-34-20-8-6-14-28(34)38)13-5-7-19-31-29-23-9-1-3-11-25(23)33-26-12-4-2-10-24(26)29/h1-4,6,8-12,14-18,20H,5,7,13,19H2,(H,31,33)(H,32,35). The number of carbonyl (C=O) groups is 2. The summed E-state index contributed by atoms with van der Waals surface area (Å²) in [4.78, 5) is 34.9. The zero-order chi connectivity index (χ0) is 26.3. The summed E-state index contributed by atoms with van der Waals surface area (Å²) in [6.45, 7) is 0.744. The van der Waals surface area contributed by atoms with Crippen molar-refractivity contribution in [2.45, 2.75) is 19.3 Å². The van der Waals surface area contributed by atoms with Gasteiger partial charge in [0, 0.05) is 35.6 Å². The maximum atomic E-state index is 12.4. The summed E-state index contributed by atoms with van der Waals surface area (Å²) in [5, 5.41) is 8.62. The first-order chi connectivity index (χ1) is 18.6. The molecule has 2 heterocycles. The number of hydrogen-bond acceptors (Lipinski definition) is 6. The number of anilines is 2. The molecule has 0 atom stereocenters. The van der Waals surface area contributed by atoms with Crippen molar-refractivity contribution < 1.29 is 14.4 Å². The first-order valence-corrected chi connectivity index (χ1v) is 12.8. The predicted molar refractivity (Wildman–Crippen MR) is 153 cm³/mol. The number of para-hydroxylation sites is 2. The summed E-state index contributed by atoms with van der Waals surface area (Å²) < 4.78 is 1.63. The number of pyridine rings is 2. The Hall–Kier alpha value is -4.56. The van der Waals surface area contributed by atoms with E-state index in [0.29, 0.717) is 22.3 Å². The van der Waals surface area contributed by atoms with Crippen LogP contribution in [0.15, 0.2) is 97.2 Å². The zero-order valence-corrected chi connectivity index (χ0v) is 21.4. The van der Waals surface area contributed by atoms with E-state index in [4.69, 9.17) is 22.0 Å². The van der Waals surface area contributed by atoms with E-state index in [2.05, 4.69) is 22.8 Å². The summed E-state index contributed by atoms with van der Waals surface area (Å²) in [6, 6.07) is 27.9. The molecule has 0 spiro atoms. The van der Waals surface area contributed by atoms with Crippen LogP contribution in [0.5, 0.6) is 0 Å². The number of nitrogens with zero attached hydrogens (tertiary/aromatic N) is 2. The maximum absolute atomic E-state index is 12.4. The molecule has 1 amide bonds. The molecule has 0 aliphatic carbocycles. The lowest BCUT2D eigenvalue weighted by molar-refractivity contribution is -0.116. The molecule has 0 saturated carbocycles. The molecule has 2 N–H and O–H groups in total. The van der Waals surface area contributed by atoms with Gasteiger partial charge in [0.15, 0.2) is 0 Å². The Morgan fingerprint density at radius 2 is 1.47 bits per heavy atom. The fourth-order valence-corrected chi connectivity index (χ4v) is 4.37. The Morgan fingerprint density at radius 3 is 2.16 bits per heavy atom. The van der Waals surface area contributed by atoms with Crippen molar-refractivity contribution in [1.29, 1.82) is 0 Å². The molecule has 8 heteroatoms. The smallest absolute Gasteiger partial charge is 0.363 e. The number of rotatable bonds is 9. The number of amides is 1. The SMILES string of the molecule is O=C(CCCCNc1c2ccccc2nc2ccccc12)Nc1ccc(C(=O)On2ccccc2=S)cc1. The van der Waals surface area contributed by atoms with Gasteiger partial charge in [0.05, 0.1) is 22.3 Å². The first-order valence-electron chi connectivity index (χ1n) is 12.4. The molecule has 190 valence electrons. The van der Waals surface area contributed by atoms with Crippen LogP contribution in [0.1, 0.15) is 29.6 Å². The van der Waals surface area contributed by atoms with Gasteiger partial charge in [-0.15, -0.1) is 0 Å². The van der Waals surface area contributed by atoms with Gasteiger partial charge in [0.25, 0.3) is 0 Å². The van der Waals surface area contributed by atoms with Gasteiger partial charge >= 0.3 is 5.97 Å². The van der Waals surface area contributed by atoms with Crippen LogP contribution in [0.2, 0.25) is 0 Å². The topological polar surface area (TPSA) is 85.2 Å². The third-order valence-electron chi connectivity index (χ3n) is 6.09. The summed E-state index contributed by atoms with van der Waals surface area (Å²) in [6.07, 6.45) is 3.55. The van der Waals surface area contributed by atoms with E-state index < -0.39 is 5.97 Å². The molecule has 2 aromatic heterocycles. The van der Waals surface area contributed by atoms with Crippen molar-refractivity contribution in [3.8, 4) is 0 Å². The lowest BCUT2D eigenvalue weighted by atomic mass is 10.1. The highest BCUT2D eigenvalue weighted by Gasteiger charge is 2.11. The van der Waals surface area contributed by atoms with E-state index in [9.17, 15) is 9.59 Å². The van der Waals surface area contributed by atoms with Gasteiger partial charge in [0.2, 0.25) is 5.91 Å². The van der Waals surface area contributed by atoms with E-state index in [0.717, 1.165) is 46.9 Å². The van der Waals surface area contributed by atoms with Crippen LogP contribution >= 0.6 is 12.2 Å². The lowest BCUT2D eigenvalue weighted by Gasteiger charge is -2.13. The van der Waals surface area contributed by atoms with Crippen LogP contribution in [0, 0.1) is 4.64 Å². The van der Waals surface area contributed by atoms with Crippen molar-refractivity contribution in [3.63, 3.8) is 0 Å². The monoisotopic (exact) mass is 522 g/mol. The van der Waals surface area contributed by atoms with Crippen LogP contribution < -0.4 is 15.5 Å². The molecule has 5 rings (SSSR count).